The van der Waals surface area contributed by atoms with Gasteiger partial charge in [-0.3, -0.25) is 9.55 Å². The molecule has 0 saturated carbocycles. The van der Waals surface area contributed by atoms with Crippen LogP contribution in [0.1, 0.15) is 15.9 Å². The second-order valence-electron chi connectivity index (χ2n) is 7.21. The lowest BCUT2D eigenvalue weighted by Crippen LogP contribution is -2.48. The van der Waals surface area contributed by atoms with Crippen LogP contribution in [0.4, 0.5) is 5.69 Å². The van der Waals surface area contributed by atoms with Crippen molar-refractivity contribution in [1.82, 2.24) is 19.1 Å². The van der Waals surface area contributed by atoms with E-state index < -0.39 is 17.3 Å². The largest absolute Gasteiger partial charge is 0.478 e. The number of H-pyrrole nitrogens is 1. The molecule has 2 aromatic carbocycles. The minimum atomic E-state index is -1.08. The number of ether oxygens (including phenoxy) is 1. The molecule has 2 N–H and O–H groups in total. The van der Waals surface area contributed by atoms with Crippen LogP contribution in [-0.4, -0.2) is 30.2 Å². The smallest absolute Gasteiger partial charge is 0.337 e. The third kappa shape index (κ3) is 5.13. The molecule has 0 atom stereocenters. The Morgan fingerprint density at radius 2 is 1.79 bits per heavy atom. The summed E-state index contributed by atoms with van der Waals surface area (Å²) in [5.41, 5.74) is 0.301. The molecule has 2 heterocycles. The number of hydrogen-bond acceptors (Lipinski definition) is 6. The van der Waals surface area contributed by atoms with E-state index in [2.05, 4.69) is 15.0 Å². The predicted octanol–water partition coefficient (Wildman–Crippen LogP) is 2.69. The maximum Gasteiger partial charge on any atom is 0.337 e. The van der Waals surface area contributed by atoms with Crippen molar-refractivity contribution in [3.8, 4) is 11.6 Å². The van der Waals surface area contributed by atoms with Gasteiger partial charge in [0.1, 0.15) is 5.75 Å². The molecule has 0 saturated heterocycles. The zero-order chi connectivity index (χ0) is 24.2. The summed E-state index contributed by atoms with van der Waals surface area (Å²) in [6.07, 6.45) is 1.20. The first-order valence-electron chi connectivity index (χ1n) is 9.97. The van der Waals surface area contributed by atoms with Gasteiger partial charge in [0.05, 0.1) is 17.8 Å². The van der Waals surface area contributed by atoms with Gasteiger partial charge in [-0.05, 0) is 48.0 Å². The average molecular weight is 480 g/mol. The molecule has 0 aliphatic rings. The highest BCUT2D eigenvalue weighted by Gasteiger charge is 2.08. The second kappa shape index (κ2) is 9.59. The number of aromatic amines is 1. The number of aromatic carboxylic acids is 1. The monoisotopic (exact) mass is 479 g/mol. The van der Waals surface area contributed by atoms with Gasteiger partial charge >= 0.3 is 17.3 Å². The number of pyridine rings is 1. The van der Waals surface area contributed by atoms with Crippen molar-refractivity contribution >= 4 is 23.3 Å². The Kier molecular flexibility index (Phi) is 6.42. The summed E-state index contributed by atoms with van der Waals surface area (Å²) in [5.74, 6) is -0.403. The van der Waals surface area contributed by atoms with E-state index in [-0.39, 0.29) is 23.6 Å². The van der Waals surface area contributed by atoms with Gasteiger partial charge in [0.25, 0.3) is 0 Å². The van der Waals surface area contributed by atoms with E-state index in [0.717, 1.165) is 10.1 Å². The number of carboxylic acid groups (broad SMARTS) is 1. The molecule has 2 aromatic heterocycles. The quantitative estimate of drug-likeness (QED) is 0.437. The molecule has 0 amide bonds. The molecular formula is C23H18ClN5O5. The predicted molar refractivity (Wildman–Crippen MR) is 124 cm³/mol. The standard InChI is InChI=1S/C23H18ClN5O5/c1-28-22(32)27-21(29(23(28)33)13-14-2-5-16(24)6-3-14)26-17-7-9-18(10-8-17)34-19-11-4-15(12-25-19)20(30)31/h2-12H,13H2,1H3,(H,30,31)(H,26,27,32). The molecule has 11 heteroatoms. The summed E-state index contributed by atoms with van der Waals surface area (Å²) in [6.45, 7) is 0.179. The van der Waals surface area contributed by atoms with E-state index in [1.54, 1.807) is 48.5 Å². The number of halogens is 1. The van der Waals surface area contributed by atoms with E-state index >= 15 is 0 Å². The first-order valence-corrected chi connectivity index (χ1v) is 10.3. The Morgan fingerprint density at radius 1 is 1.09 bits per heavy atom. The number of rotatable bonds is 6. The molecule has 0 spiro atoms. The van der Waals surface area contributed by atoms with Gasteiger partial charge in [0, 0.05) is 24.3 Å². The minimum Gasteiger partial charge on any atom is -0.478 e. The van der Waals surface area contributed by atoms with Gasteiger partial charge in [-0.2, -0.15) is 0 Å². The summed E-state index contributed by atoms with van der Waals surface area (Å²) in [6, 6.07) is 16.4. The van der Waals surface area contributed by atoms with Crippen LogP contribution in [0.2, 0.25) is 5.02 Å². The summed E-state index contributed by atoms with van der Waals surface area (Å²) in [4.78, 5) is 46.9. The molecule has 0 bridgehead atoms. The van der Waals surface area contributed by atoms with E-state index in [0.29, 0.717) is 16.5 Å². The Balaban J connectivity index is 1.64. The fourth-order valence-electron chi connectivity index (χ4n) is 3.01. The van der Waals surface area contributed by atoms with Gasteiger partial charge in [-0.1, -0.05) is 23.7 Å². The van der Waals surface area contributed by atoms with Gasteiger partial charge < -0.3 is 9.84 Å². The molecule has 0 unspecified atom stereocenters. The van der Waals surface area contributed by atoms with Gasteiger partial charge in [0.15, 0.2) is 0 Å². The molecule has 4 aromatic rings. The van der Waals surface area contributed by atoms with Crippen LogP contribution in [0.5, 0.6) is 11.6 Å². The molecule has 0 aliphatic carbocycles. The number of hydrogen-bond donors (Lipinski definition) is 2. The van der Waals surface area contributed by atoms with Gasteiger partial charge in [-0.25, -0.2) is 28.9 Å². The number of nitrogens with one attached hydrogen (secondary N) is 1. The molecule has 0 fully saturated rings. The summed E-state index contributed by atoms with van der Waals surface area (Å²) in [7, 11) is 1.38. The molecule has 172 valence electrons. The zero-order valence-electron chi connectivity index (χ0n) is 17.8. The van der Waals surface area contributed by atoms with Gasteiger partial charge in [0.2, 0.25) is 11.5 Å². The van der Waals surface area contributed by atoms with E-state index in [9.17, 15) is 14.4 Å². The van der Waals surface area contributed by atoms with E-state index in [4.69, 9.17) is 21.4 Å². The summed E-state index contributed by atoms with van der Waals surface area (Å²) >= 11 is 5.94. The van der Waals surface area contributed by atoms with Crippen molar-refractivity contribution in [1.29, 1.82) is 0 Å². The van der Waals surface area contributed by atoms with E-state index in [1.165, 1.54) is 29.9 Å². The topological polar surface area (TPSA) is 132 Å². The van der Waals surface area contributed by atoms with Crippen molar-refractivity contribution in [2.45, 2.75) is 6.54 Å². The molecule has 10 nitrogen and oxygen atoms in total. The average Bonchev–Trinajstić information content (AvgIpc) is 2.83. The SMILES string of the molecule is Cn1c(=O)[nH]/c(=N\c2ccc(Oc3ccc(C(=O)O)cn3)cc2)n(Cc2ccc(Cl)cc2)c1=O. The molecular weight excluding hydrogens is 462 g/mol. The Hall–Kier alpha value is -4.44. The Bertz CT molecular complexity index is 1520. The van der Waals surface area contributed by atoms with Crippen molar-refractivity contribution in [3.05, 3.63) is 110 Å². The lowest BCUT2D eigenvalue weighted by atomic mass is 10.2. The molecule has 4 rings (SSSR count). The zero-order valence-corrected chi connectivity index (χ0v) is 18.6. The normalized spacial score (nSPS) is 11.4. The fraction of sp³-hybridized carbons (Fsp3) is 0.0870. The number of aromatic nitrogens is 4. The first kappa shape index (κ1) is 22.7. The number of carbonyl (C=O) groups is 1. The van der Waals surface area contributed by atoms with Crippen molar-refractivity contribution in [2.75, 3.05) is 0 Å². The van der Waals surface area contributed by atoms with Crippen LogP contribution in [0.15, 0.2) is 81.4 Å². The summed E-state index contributed by atoms with van der Waals surface area (Å²) in [5, 5.41) is 9.51. The van der Waals surface area contributed by atoms with Crippen LogP contribution in [0.3, 0.4) is 0 Å². The lowest BCUT2D eigenvalue weighted by Gasteiger charge is -2.09. The lowest BCUT2D eigenvalue weighted by molar-refractivity contribution is 0.0696. The fourth-order valence-corrected chi connectivity index (χ4v) is 3.13. The number of carboxylic acids is 1. The third-order valence-corrected chi connectivity index (χ3v) is 5.08. The first-order chi connectivity index (χ1) is 16.3. The maximum absolute atomic E-state index is 12.8. The third-order valence-electron chi connectivity index (χ3n) is 4.83. The van der Waals surface area contributed by atoms with Crippen LogP contribution in [0, 0.1) is 0 Å². The second-order valence-corrected chi connectivity index (χ2v) is 7.64. The minimum absolute atomic E-state index is 0.0522. The maximum atomic E-state index is 12.8. The molecule has 34 heavy (non-hydrogen) atoms. The molecule has 0 aliphatic heterocycles. The van der Waals surface area contributed by atoms with Crippen molar-refractivity contribution in [3.63, 3.8) is 0 Å². The van der Waals surface area contributed by atoms with Crippen LogP contribution in [0.25, 0.3) is 0 Å². The Morgan fingerprint density at radius 3 is 2.41 bits per heavy atom. The number of nitrogens with zero attached hydrogens (tertiary/aromatic N) is 4. The highest BCUT2D eigenvalue weighted by Crippen LogP contribution is 2.22. The van der Waals surface area contributed by atoms with Crippen molar-refractivity contribution < 1.29 is 14.6 Å². The van der Waals surface area contributed by atoms with Crippen LogP contribution >= 0.6 is 11.6 Å². The van der Waals surface area contributed by atoms with Gasteiger partial charge in [-0.15, -0.1) is 0 Å². The van der Waals surface area contributed by atoms with Crippen molar-refractivity contribution in [2.24, 2.45) is 12.0 Å². The Labute approximate surface area is 197 Å². The van der Waals surface area contributed by atoms with E-state index in [1.807, 2.05) is 0 Å². The van der Waals surface area contributed by atoms with Crippen LogP contribution < -0.4 is 21.7 Å². The highest BCUT2D eigenvalue weighted by molar-refractivity contribution is 6.30. The highest BCUT2D eigenvalue weighted by atomic mass is 35.5. The number of benzene rings is 2. The molecule has 0 radical (unpaired) electrons. The van der Waals surface area contributed by atoms with Crippen LogP contribution in [-0.2, 0) is 13.6 Å². The summed E-state index contributed by atoms with van der Waals surface area (Å²) < 4.78 is 7.93.